The molecular weight excluding hydrogens is 354 g/mol. The highest BCUT2D eigenvalue weighted by atomic mass is 32.1. The number of tetrazole rings is 1. The van der Waals surface area contributed by atoms with E-state index in [0.717, 1.165) is 16.0 Å². The number of rotatable bonds is 6. The number of thiophene rings is 1. The number of aromatic nitrogens is 4. The molecule has 1 N–H and O–H groups in total. The van der Waals surface area contributed by atoms with Gasteiger partial charge < -0.3 is 14.8 Å². The van der Waals surface area contributed by atoms with E-state index in [9.17, 15) is 4.79 Å². The van der Waals surface area contributed by atoms with Gasteiger partial charge in [-0.1, -0.05) is 6.07 Å². The van der Waals surface area contributed by atoms with Gasteiger partial charge in [-0.3, -0.25) is 4.79 Å². The van der Waals surface area contributed by atoms with Crippen molar-refractivity contribution in [2.45, 2.75) is 20.4 Å². The molecule has 2 heterocycles. The van der Waals surface area contributed by atoms with Crippen LogP contribution in [0.15, 0.2) is 24.5 Å². The Morgan fingerprint density at radius 3 is 2.65 bits per heavy atom. The van der Waals surface area contributed by atoms with Crippen LogP contribution in [0.4, 0.5) is 0 Å². The normalized spacial score (nSPS) is 10.6. The Labute approximate surface area is 154 Å². The molecule has 0 fully saturated rings. The second kappa shape index (κ2) is 7.52. The summed E-state index contributed by atoms with van der Waals surface area (Å²) >= 11 is 1.48. The molecule has 1 aromatic carbocycles. The van der Waals surface area contributed by atoms with E-state index in [1.54, 1.807) is 14.2 Å². The highest BCUT2D eigenvalue weighted by molar-refractivity contribution is 7.15. The van der Waals surface area contributed by atoms with Crippen molar-refractivity contribution in [3.8, 4) is 16.5 Å². The first-order valence-electron chi connectivity index (χ1n) is 7.87. The molecule has 0 aliphatic rings. The number of benzene rings is 1. The summed E-state index contributed by atoms with van der Waals surface area (Å²) in [4.78, 5) is 13.9. The van der Waals surface area contributed by atoms with Crippen LogP contribution in [0.5, 0.6) is 11.5 Å². The third-order valence-electron chi connectivity index (χ3n) is 4.05. The average molecular weight is 373 g/mol. The van der Waals surface area contributed by atoms with E-state index < -0.39 is 0 Å². The van der Waals surface area contributed by atoms with Crippen molar-refractivity contribution < 1.29 is 14.3 Å². The Balaban J connectivity index is 1.81. The summed E-state index contributed by atoms with van der Waals surface area (Å²) in [5.41, 5.74) is 2.41. The van der Waals surface area contributed by atoms with Crippen molar-refractivity contribution in [3.63, 3.8) is 0 Å². The number of amides is 1. The Hall–Kier alpha value is -2.94. The number of carbonyl (C=O) groups is 1. The second-order valence-electron chi connectivity index (χ2n) is 5.59. The number of hydrogen-bond donors (Lipinski definition) is 1. The minimum Gasteiger partial charge on any atom is -0.493 e. The van der Waals surface area contributed by atoms with Crippen LogP contribution in [0.1, 0.15) is 26.4 Å². The third-order valence-corrected chi connectivity index (χ3v) is 5.25. The van der Waals surface area contributed by atoms with Gasteiger partial charge >= 0.3 is 0 Å². The molecule has 0 radical (unpaired) electrons. The van der Waals surface area contributed by atoms with E-state index in [1.165, 1.54) is 22.3 Å². The fraction of sp³-hybridized carbons (Fsp3) is 0.294. The number of nitrogens with one attached hydrogen (secondary N) is 1. The fourth-order valence-corrected chi connectivity index (χ4v) is 3.62. The first kappa shape index (κ1) is 17.9. The molecule has 0 atom stereocenters. The van der Waals surface area contributed by atoms with Crippen LogP contribution < -0.4 is 14.8 Å². The summed E-state index contributed by atoms with van der Waals surface area (Å²) < 4.78 is 12.0. The number of ether oxygens (including phenoxy) is 2. The van der Waals surface area contributed by atoms with E-state index in [0.29, 0.717) is 28.6 Å². The van der Waals surface area contributed by atoms with Gasteiger partial charge in [-0.15, -0.1) is 16.4 Å². The Kier molecular flexibility index (Phi) is 5.17. The first-order chi connectivity index (χ1) is 12.5. The Morgan fingerprint density at radius 2 is 2.00 bits per heavy atom. The summed E-state index contributed by atoms with van der Waals surface area (Å²) in [6, 6.07) is 5.54. The number of hydrogen-bond acceptors (Lipinski definition) is 7. The van der Waals surface area contributed by atoms with Crippen molar-refractivity contribution in [3.05, 3.63) is 46.1 Å². The molecule has 8 nitrogen and oxygen atoms in total. The molecule has 26 heavy (non-hydrogen) atoms. The van der Waals surface area contributed by atoms with Gasteiger partial charge in [0, 0.05) is 11.4 Å². The van der Waals surface area contributed by atoms with Gasteiger partial charge in [0.25, 0.3) is 5.91 Å². The van der Waals surface area contributed by atoms with Crippen LogP contribution in [-0.4, -0.2) is 40.3 Å². The topological polar surface area (TPSA) is 91.2 Å². The minimum absolute atomic E-state index is 0.174. The van der Waals surface area contributed by atoms with Crippen molar-refractivity contribution in [2.75, 3.05) is 14.2 Å². The van der Waals surface area contributed by atoms with Gasteiger partial charge in [0.15, 0.2) is 11.5 Å². The maximum absolute atomic E-state index is 12.8. The van der Waals surface area contributed by atoms with Crippen LogP contribution in [-0.2, 0) is 6.54 Å². The molecule has 0 aliphatic heterocycles. The second-order valence-corrected chi connectivity index (χ2v) is 6.79. The minimum atomic E-state index is -0.174. The largest absolute Gasteiger partial charge is 0.493 e. The highest BCUT2D eigenvalue weighted by Gasteiger charge is 2.21. The molecule has 136 valence electrons. The zero-order chi connectivity index (χ0) is 18.7. The zero-order valence-electron chi connectivity index (χ0n) is 14.9. The molecule has 3 rings (SSSR count). The lowest BCUT2D eigenvalue weighted by Gasteiger charge is -2.11. The van der Waals surface area contributed by atoms with Crippen molar-refractivity contribution in [2.24, 2.45) is 0 Å². The number of carbonyl (C=O) groups excluding carboxylic acids is 1. The highest BCUT2D eigenvalue weighted by Crippen LogP contribution is 2.30. The van der Waals surface area contributed by atoms with Gasteiger partial charge in [0.2, 0.25) is 0 Å². The molecule has 3 aromatic rings. The fourth-order valence-electron chi connectivity index (χ4n) is 2.55. The summed E-state index contributed by atoms with van der Waals surface area (Å²) in [6.07, 6.45) is 1.48. The lowest BCUT2D eigenvalue weighted by atomic mass is 10.1. The SMILES string of the molecule is COc1ccc(CNC(=O)c2c(-n3cnnn3)sc(C)c2C)cc1OC. The molecular formula is C17H19N5O3S. The first-order valence-corrected chi connectivity index (χ1v) is 8.69. The van der Waals surface area contributed by atoms with E-state index >= 15 is 0 Å². The molecule has 0 spiro atoms. The van der Waals surface area contributed by atoms with Crippen LogP contribution in [0.3, 0.4) is 0 Å². The van der Waals surface area contributed by atoms with E-state index in [-0.39, 0.29) is 5.91 Å². The van der Waals surface area contributed by atoms with Crippen LogP contribution in [0.25, 0.3) is 5.00 Å². The maximum Gasteiger partial charge on any atom is 0.254 e. The van der Waals surface area contributed by atoms with Crippen molar-refractivity contribution in [1.29, 1.82) is 0 Å². The summed E-state index contributed by atoms with van der Waals surface area (Å²) in [5.74, 6) is 1.09. The van der Waals surface area contributed by atoms with Gasteiger partial charge in [-0.05, 0) is 47.5 Å². The van der Waals surface area contributed by atoms with Crippen molar-refractivity contribution in [1.82, 2.24) is 25.5 Å². The Morgan fingerprint density at radius 1 is 1.23 bits per heavy atom. The number of aryl methyl sites for hydroxylation is 1. The van der Waals surface area contributed by atoms with E-state index in [4.69, 9.17) is 9.47 Å². The van der Waals surface area contributed by atoms with Gasteiger partial charge in [-0.2, -0.15) is 4.68 Å². The molecule has 0 bridgehead atoms. The van der Waals surface area contributed by atoms with E-state index in [1.807, 2.05) is 32.0 Å². The third kappa shape index (κ3) is 3.38. The molecule has 1 amide bonds. The standard InChI is InChI=1S/C17H19N5O3S/c1-10-11(2)26-17(22-9-19-20-21-22)15(10)16(23)18-8-12-5-6-13(24-3)14(7-12)25-4/h5-7,9H,8H2,1-4H3,(H,18,23). The zero-order valence-corrected chi connectivity index (χ0v) is 15.8. The van der Waals surface area contributed by atoms with Crippen LogP contribution >= 0.6 is 11.3 Å². The van der Waals surface area contributed by atoms with Gasteiger partial charge in [0.1, 0.15) is 11.3 Å². The predicted octanol–water partition coefficient (Wildman–Crippen LogP) is 2.29. The van der Waals surface area contributed by atoms with Gasteiger partial charge in [0.05, 0.1) is 19.8 Å². The van der Waals surface area contributed by atoms with Crippen LogP contribution in [0, 0.1) is 13.8 Å². The lowest BCUT2D eigenvalue weighted by Crippen LogP contribution is -2.24. The Bertz CT molecular complexity index is 921. The molecule has 0 saturated carbocycles. The van der Waals surface area contributed by atoms with Crippen molar-refractivity contribution >= 4 is 17.2 Å². The number of nitrogens with zero attached hydrogens (tertiary/aromatic N) is 4. The average Bonchev–Trinajstić information content (AvgIpc) is 3.28. The lowest BCUT2D eigenvalue weighted by molar-refractivity contribution is 0.0950. The smallest absolute Gasteiger partial charge is 0.254 e. The van der Waals surface area contributed by atoms with E-state index in [2.05, 4.69) is 20.8 Å². The van der Waals surface area contributed by atoms with Crippen LogP contribution in [0.2, 0.25) is 0 Å². The molecule has 0 unspecified atom stereocenters. The van der Waals surface area contributed by atoms with Gasteiger partial charge in [-0.25, -0.2) is 0 Å². The summed E-state index contributed by atoms with van der Waals surface area (Å²) in [6.45, 7) is 4.26. The quantitative estimate of drug-likeness (QED) is 0.713. The monoisotopic (exact) mass is 373 g/mol. The molecule has 0 aliphatic carbocycles. The molecule has 9 heteroatoms. The number of methoxy groups -OCH3 is 2. The maximum atomic E-state index is 12.8. The summed E-state index contributed by atoms with van der Waals surface area (Å²) in [5, 5.41) is 14.9. The molecule has 0 saturated heterocycles. The summed E-state index contributed by atoms with van der Waals surface area (Å²) in [7, 11) is 3.16. The predicted molar refractivity (Wildman–Crippen MR) is 97.2 cm³/mol. The molecule has 2 aromatic heterocycles.